The van der Waals surface area contributed by atoms with E-state index in [1.807, 2.05) is 6.92 Å². The molecule has 0 atom stereocenters. The maximum Gasteiger partial charge on any atom is 0.242 e. The monoisotopic (exact) mass is 285 g/mol. The number of H-pyrrole nitrogens is 1. The molecule has 2 rings (SSSR count). The highest BCUT2D eigenvalue weighted by atomic mass is 32.2. The third-order valence-electron chi connectivity index (χ3n) is 2.63. The molecule has 2 aromatic heterocycles. The fourth-order valence-electron chi connectivity index (χ4n) is 1.64. The van der Waals surface area contributed by atoms with Crippen LogP contribution < -0.4 is 10.5 Å². The zero-order chi connectivity index (χ0) is 13.9. The average molecular weight is 285 g/mol. The standard InChI is InChI=1S/C9H15N7O2S/c1-2-16-6-8(3-7(16)4-10)19(17,18)11-5-9-12-14-15-13-9/h3,6,11H,2,4-5,10H2,1H3,(H,12,13,14,15). The molecule has 2 heterocycles. The maximum atomic E-state index is 12.1. The summed E-state index contributed by atoms with van der Waals surface area (Å²) in [4.78, 5) is 0.179. The predicted molar refractivity (Wildman–Crippen MR) is 66.2 cm³/mol. The van der Waals surface area contributed by atoms with E-state index in [1.54, 1.807) is 16.8 Å². The summed E-state index contributed by atoms with van der Waals surface area (Å²) >= 11 is 0. The highest BCUT2D eigenvalue weighted by molar-refractivity contribution is 7.89. The highest BCUT2D eigenvalue weighted by Crippen LogP contribution is 2.14. The number of sulfonamides is 1. The van der Waals surface area contributed by atoms with Gasteiger partial charge < -0.3 is 10.3 Å². The number of aromatic nitrogens is 5. The lowest BCUT2D eigenvalue weighted by molar-refractivity contribution is 0.579. The van der Waals surface area contributed by atoms with Crippen molar-refractivity contribution in [3.05, 3.63) is 23.8 Å². The van der Waals surface area contributed by atoms with Crippen LogP contribution in [0.15, 0.2) is 17.2 Å². The Bertz CT molecular complexity index is 610. The van der Waals surface area contributed by atoms with Crippen LogP contribution in [0.3, 0.4) is 0 Å². The van der Waals surface area contributed by atoms with Gasteiger partial charge in [-0.25, -0.2) is 13.1 Å². The molecule has 104 valence electrons. The van der Waals surface area contributed by atoms with Crippen molar-refractivity contribution in [2.75, 3.05) is 0 Å². The minimum atomic E-state index is -3.61. The molecule has 0 saturated heterocycles. The number of nitrogens with zero attached hydrogens (tertiary/aromatic N) is 4. The topological polar surface area (TPSA) is 132 Å². The molecule has 0 aliphatic carbocycles. The number of rotatable bonds is 6. The first kappa shape index (κ1) is 13.6. The molecule has 19 heavy (non-hydrogen) atoms. The second kappa shape index (κ2) is 5.47. The normalized spacial score (nSPS) is 11.9. The van der Waals surface area contributed by atoms with E-state index in [0.717, 1.165) is 5.69 Å². The smallest absolute Gasteiger partial charge is 0.242 e. The number of hydrogen-bond donors (Lipinski definition) is 3. The summed E-state index contributed by atoms with van der Waals surface area (Å²) in [5.74, 6) is 0.276. The molecule has 0 aliphatic rings. The molecule has 0 spiro atoms. The Morgan fingerprint density at radius 2 is 2.32 bits per heavy atom. The van der Waals surface area contributed by atoms with Gasteiger partial charge in [0.25, 0.3) is 0 Å². The van der Waals surface area contributed by atoms with Crippen molar-refractivity contribution in [1.29, 1.82) is 0 Å². The number of tetrazole rings is 1. The van der Waals surface area contributed by atoms with E-state index in [0.29, 0.717) is 6.54 Å². The quantitative estimate of drug-likeness (QED) is 0.621. The van der Waals surface area contributed by atoms with Crippen molar-refractivity contribution < 1.29 is 8.42 Å². The van der Waals surface area contributed by atoms with E-state index in [1.165, 1.54) is 0 Å². The van der Waals surface area contributed by atoms with Gasteiger partial charge in [-0.2, -0.15) is 5.21 Å². The summed E-state index contributed by atoms with van der Waals surface area (Å²) in [5.41, 5.74) is 6.33. The van der Waals surface area contributed by atoms with Crippen LogP contribution in [0.25, 0.3) is 0 Å². The Labute approximate surface area is 110 Å². The molecule has 0 unspecified atom stereocenters. The lowest BCUT2D eigenvalue weighted by Crippen LogP contribution is -2.23. The van der Waals surface area contributed by atoms with Crippen LogP contribution >= 0.6 is 0 Å². The van der Waals surface area contributed by atoms with Crippen LogP contribution in [-0.2, 0) is 29.7 Å². The van der Waals surface area contributed by atoms with Crippen LogP contribution in [0, 0.1) is 0 Å². The van der Waals surface area contributed by atoms with Crippen molar-refractivity contribution in [2.45, 2.75) is 31.5 Å². The second-order valence-electron chi connectivity index (χ2n) is 3.81. The van der Waals surface area contributed by atoms with Gasteiger partial charge in [-0.05, 0) is 13.0 Å². The van der Waals surface area contributed by atoms with Crippen LogP contribution in [-0.4, -0.2) is 33.6 Å². The van der Waals surface area contributed by atoms with E-state index in [9.17, 15) is 8.42 Å². The van der Waals surface area contributed by atoms with Gasteiger partial charge in [-0.3, -0.25) is 0 Å². The van der Waals surface area contributed by atoms with Crippen molar-refractivity contribution in [1.82, 2.24) is 29.9 Å². The Kier molecular flexibility index (Phi) is 3.93. The van der Waals surface area contributed by atoms with Gasteiger partial charge in [0.2, 0.25) is 10.0 Å². The van der Waals surface area contributed by atoms with Crippen LogP contribution in [0.5, 0.6) is 0 Å². The molecule has 9 nitrogen and oxygen atoms in total. The predicted octanol–water partition coefficient (Wildman–Crippen LogP) is -1.04. The number of hydrogen-bond acceptors (Lipinski definition) is 6. The van der Waals surface area contributed by atoms with E-state index < -0.39 is 10.0 Å². The lowest BCUT2D eigenvalue weighted by atomic mass is 10.4. The molecule has 2 aromatic rings. The second-order valence-corrected chi connectivity index (χ2v) is 5.58. The van der Waals surface area contributed by atoms with Crippen LogP contribution in [0.1, 0.15) is 18.4 Å². The first-order valence-corrected chi connectivity index (χ1v) is 7.16. The minimum Gasteiger partial charge on any atom is -0.349 e. The molecule has 0 fully saturated rings. The van der Waals surface area contributed by atoms with Gasteiger partial charge in [0.15, 0.2) is 5.82 Å². The van der Waals surface area contributed by atoms with Gasteiger partial charge in [0.1, 0.15) is 0 Å². The molecule has 4 N–H and O–H groups in total. The van der Waals surface area contributed by atoms with Crippen LogP contribution in [0.4, 0.5) is 0 Å². The van der Waals surface area contributed by atoms with Crippen LogP contribution in [0.2, 0.25) is 0 Å². The molecule has 0 aliphatic heterocycles. The summed E-state index contributed by atoms with van der Waals surface area (Å²) in [7, 11) is -3.61. The molecule has 0 aromatic carbocycles. The summed E-state index contributed by atoms with van der Waals surface area (Å²) < 4.78 is 28.3. The van der Waals surface area contributed by atoms with Crippen molar-refractivity contribution in [3.8, 4) is 0 Å². The fourth-order valence-corrected chi connectivity index (χ4v) is 2.68. The number of aromatic amines is 1. The van der Waals surface area contributed by atoms with Crippen molar-refractivity contribution in [2.24, 2.45) is 5.73 Å². The Morgan fingerprint density at radius 1 is 1.53 bits per heavy atom. The van der Waals surface area contributed by atoms with Crippen molar-refractivity contribution in [3.63, 3.8) is 0 Å². The maximum absolute atomic E-state index is 12.1. The number of nitrogens with one attached hydrogen (secondary N) is 2. The minimum absolute atomic E-state index is 0.0197. The van der Waals surface area contributed by atoms with E-state index in [4.69, 9.17) is 5.73 Å². The molecule has 0 radical (unpaired) electrons. The fraction of sp³-hybridized carbons (Fsp3) is 0.444. The highest BCUT2D eigenvalue weighted by Gasteiger charge is 2.18. The lowest BCUT2D eigenvalue weighted by Gasteiger charge is -2.02. The van der Waals surface area contributed by atoms with Gasteiger partial charge in [-0.15, -0.1) is 10.2 Å². The van der Waals surface area contributed by atoms with E-state index in [-0.39, 0.29) is 23.8 Å². The van der Waals surface area contributed by atoms with Gasteiger partial charge in [-0.1, -0.05) is 5.21 Å². The molecule has 0 saturated carbocycles. The van der Waals surface area contributed by atoms with Gasteiger partial charge in [0, 0.05) is 25.0 Å². The van der Waals surface area contributed by atoms with E-state index >= 15 is 0 Å². The molecular formula is C9H15N7O2S. The first-order valence-electron chi connectivity index (χ1n) is 5.68. The molecule has 0 bridgehead atoms. The third-order valence-corrected chi connectivity index (χ3v) is 4.00. The largest absolute Gasteiger partial charge is 0.349 e. The van der Waals surface area contributed by atoms with Gasteiger partial charge >= 0.3 is 0 Å². The average Bonchev–Trinajstić information content (AvgIpc) is 3.05. The van der Waals surface area contributed by atoms with Gasteiger partial charge in [0.05, 0.1) is 11.4 Å². The third kappa shape index (κ3) is 2.97. The molecule has 10 heteroatoms. The number of nitrogens with two attached hydrogens (primary N) is 1. The zero-order valence-corrected chi connectivity index (χ0v) is 11.2. The SMILES string of the molecule is CCn1cc(S(=O)(=O)NCc2nn[nH]n2)cc1CN. The summed E-state index contributed by atoms with van der Waals surface area (Å²) in [6, 6.07) is 1.56. The zero-order valence-electron chi connectivity index (χ0n) is 10.4. The summed E-state index contributed by atoms with van der Waals surface area (Å²) in [6.07, 6.45) is 1.56. The Hall–Kier alpha value is -1.78. The molecular weight excluding hydrogens is 270 g/mol. The molecule has 0 amide bonds. The van der Waals surface area contributed by atoms with Crippen molar-refractivity contribution >= 4 is 10.0 Å². The Balaban J connectivity index is 2.17. The number of aryl methyl sites for hydroxylation is 1. The summed E-state index contributed by atoms with van der Waals surface area (Å²) in [6.45, 7) is 2.84. The van der Waals surface area contributed by atoms with E-state index in [2.05, 4.69) is 25.3 Å². The Morgan fingerprint density at radius 3 is 2.84 bits per heavy atom. The summed E-state index contributed by atoms with van der Waals surface area (Å²) in [5, 5.41) is 12.9. The first-order chi connectivity index (χ1) is 9.06.